The van der Waals surface area contributed by atoms with Gasteiger partial charge in [0.05, 0.1) is 33.8 Å². The second-order valence-corrected chi connectivity index (χ2v) is 24.7. The van der Waals surface area contributed by atoms with Crippen molar-refractivity contribution in [2.45, 2.75) is 315 Å². The van der Waals surface area contributed by atoms with Gasteiger partial charge in [-0.25, -0.2) is 0 Å². The molecule has 1 amide bonds. The van der Waals surface area contributed by atoms with Gasteiger partial charge in [-0.15, -0.1) is 0 Å². The SMILES string of the molecule is CCCCC/C=C\C/C=C\CCCCCCCCCCCCCCCC(=O)OC(/C=C\CCCCCCCCCCCC)C(COP(=O)([O-])OCC[N+](C)(C)C)NC(=O)CCCCC/C=C/C=C/CCCCCCCCC. The minimum absolute atomic E-state index is 0.0278. The predicted molar refractivity (Wildman–Crippen MR) is 330 cm³/mol. The van der Waals surface area contributed by atoms with Gasteiger partial charge in [0.1, 0.15) is 19.3 Å². The number of likely N-dealkylation sites (N-methyl/N-ethyl adjacent to an activating group) is 1. The van der Waals surface area contributed by atoms with Gasteiger partial charge in [0.2, 0.25) is 5.91 Å². The second kappa shape index (κ2) is 57.0. The molecule has 9 nitrogen and oxygen atoms in total. The highest BCUT2D eigenvalue weighted by Gasteiger charge is 2.27. The lowest BCUT2D eigenvalue weighted by Gasteiger charge is -2.30. The number of amides is 1. The molecule has 10 heteroatoms. The van der Waals surface area contributed by atoms with Gasteiger partial charge in [-0.1, -0.05) is 262 Å². The lowest BCUT2D eigenvalue weighted by atomic mass is 10.0. The molecule has 0 saturated carbocycles. The van der Waals surface area contributed by atoms with Crippen LogP contribution >= 0.6 is 7.82 Å². The number of unbranched alkanes of at least 4 members (excludes halogenated alkanes) is 36. The topological polar surface area (TPSA) is 114 Å². The van der Waals surface area contributed by atoms with Crippen LogP contribution in [-0.2, 0) is 27.9 Å². The van der Waals surface area contributed by atoms with Crippen molar-refractivity contribution in [1.29, 1.82) is 0 Å². The third-order valence-corrected chi connectivity index (χ3v) is 15.4. The van der Waals surface area contributed by atoms with Gasteiger partial charge >= 0.3 is 5.97 Å². The molecule has 3 atom stereocenters. The number of carbonyl (C=O) groups excluding carboxylic acids is 2. The zero-order chi connectivity index (χ0) is 56.4. The highest BCUT2D eigenvalue weighted by molar-refractivity contribution is 7.45. The Kier molecular flexibility index (Phi) is 55.3. The Bertz CT molecular complexity index is 1500. The van der Waals surface area contributed by atoms with E-state index >= 15 is 0 Å². The van der Waals surface area contributed by atoms with Crippen molar-refractivity contribution in [2.75, 3.05) is 40.9 Å². The minimum Gasteiger partial charge on any atom is -0.756 e. The summed E-state index contributed by atoms with van der Waals surface area (Å²) < 4.78 is 30.3. The Morgan fingerprint density at radius 2 is 0.831 bits per heavy atom. The molecule has 0 aromatic rings. The van der Waals surface area contributed by atoms with Crippen molar-refractivity contribution in [3.05, 3.63) is 60.8 Å². The van der Waals surface area contributed by atoms with Crippen molar-refractivity contribution in [1.82, 2.24) is 5.32 Å². The number of quaternary nitrogens is 1. The summed E-state index contributed by atoms with van der Waals surface area (Å²) in [7, 11) is 1.17. The first-order valence-electron chi connectivity index (χ1n) is 32.6. The van der Waals surface area contributed by atoms with Crippen molar-refractivity contribution < 1.29 is 37.3 Å². The van der Waals surface area contributed by atoms with E-state index in [0.29, 0.717) is 17.4 Å². The van der Waals surface area contributed by atoms with Gasteiger partial charge in [-0.05, 0) is 89.5 Å². The fourth-order valence-corrected chi connectivity index (χ4v) is 10.1. The van der Waals surface area contributed by atoms with Gasteiger partial charge in [-0.2, -0.15) is 0 Å². The van der Waals surface area contributed by atoms with E-state index in [-0.39, 0.29) is 31.3 Å². The number of ether oxygens (including phenoxy) is 1. The molecule has 0 fully saturated rings. The number of carbonyl (C=O) groups is 2. The van der Waals surface area contributed by atoms with Gasteiger partial charge in [0.15, 0.2) is 0 Å². The van der Waals surface area contributed by atoms with Crippen LogP contribution in [0.2, 0.25) is 0 Å². The number of nitrogens with one attached hydrogen (secondary N) is 1. The summed E-state index contributed by atoms with van der Waals surface area (Å²) in [4.78, 5) is 40.0. The van der Waals surface area contributed by atoms with Crippen molar-refractivity contribution in [3.8, 4) is 0 Å². The summed E-state index contributed by atoms with van der Waals surface area (Å²) in [5, 5.41) is 3.02. The van der Waals surface area contributed by atoms with E-state index in [0.717, 1.165) is 70.6 Å². The van der Waals surface area contributed by atoms with Gasteiger partial charge < -0.3 is 28.5 Å². The van der Waals surface area contributed by atoms with Gasteiger partial charge in [0.25, 0.3) is 7.82 Å². The molecule has 0 aliphatic carbocycles. The van der Waals surface area contributed by atoms with Gasteiger partial charge in [-0.3, -0.25) is 14.2 Å². The number of allylic oxidation sites excluding steroid dienone is 9. The summed E-state index contributed by atoms with van der Waals surface area (Å²) in [6.45, 7) is 6.81. The smallest absolute Gasteiger partial charge is 0.306 e. The summed E-state index contributed by atoms with van der Waals surface area (Å²) in [6.07, 6.45) is 71.9. The predicted octanol–water partition coefficient (Wildman–Crippen LogP) is 19.6. The molecule has 0 spiro atoms. The molecule has 0 aromatic heterocycles. The molecular formula is C67H125N2O7P. The molecule has 3 unspecified atom stereocenters. The summed E-state index contributed by atoms with van der Waals surface area (Å²) in [6, 6.07) is -0.903. The molecular weight excluding hydrogens is 976 g/mol. The van der Waals surface area contributed by atoms with Gasteiger partial charge in [0, 0.05) is 12.8 Å². The first-order chi connectivity index (χ1) is 37.4. The summed E-state index contributed by atoms with van der Waals surface area (Å²) >= 11 is 0. The van der Waals surface area contributed by atoms with Crippen LogP contribution in [0.15, 0.2) is 60.8 Å². The minimum atomic E-state index is -4.71. The average molecular weight is 1100 g/mol. The Balaban J connectivity index is 5.18. The fourth-order valence-electron chi connectivity index (χ4n) is 9.37. The molecule has 0 rings (SSSR count). The molecule has 0 heterocycles. The molecule has 450 valence electrons. The zero-order valence-electron chi connectivity index (χ0n) is 51.4. The van der Waals surface area contributed by atoms with Crippen LogP contribution in [0.25, 0.3) is 0 Å². The van der Waals surface area contributed by atoms with E-state index < -0.39 is 26.6 Å². The number of nitrogens with zero attached hydrogens (tertiary/aromatic N) is 1. The number of rotatable bonds is 59. The number of phosphoric ester groups is 1. The standard InChI is InChI=1S/C67H125N2O7P/c1-7-10-13-16-19-22-25-28-30-32-33-34-35-36-37-38-40-42-45-48-51-54-57-60-67(71)76-65(58-55-52-49-46-43-27-24-21-18-15-12-9-3)64(63-75-77(72,73)74-62-61-69(4,5)6)68-66(70)59-56-53-50-47-44-41-39-31-29-26-23-20-17-14-11-8-2/h19,22,28,30-31,39,41,44,55,58,64-65H,7-18,20-21,23-27,29,32-38,40,42-43,45-54,56-57,59-63H2,1-6H3,(H-,68,70,72,73)/b22-19-,30-28-,39-31+,44-41+,58-55-. The van der Waals surface area contributed by atoms with Crippen LogP contribution in [0.4, 0.5) is 0 Å². The lowest BCUT2D eigenvalue weighted by molar-refractivity contribution is -0.870. The first kappa shape index (κ1) is 74.7. The summed E-state index contributed by atoms with van der Waals surface area (Å²) in [5.41, 5.74) is 0. The third-order valence-electron chi connectivity index (χ3n) is 14.4. The van der Waals surface area contributed by atoms with E-state index in [1.807, 2.05) is 33.3 Å². The van der Waals surface area contributed by atoms with Crippen molar-refractivity contribution in [2.24, 2.45) is 0 Å². The highest BCUT2D eigenvalue weighted by Crippen LogP contribution is 2.38. The maximum Gasteiger partial charge on any atom is 0.306 e. The van der Waals surface area contributed by atoms with E-state index in [2.05, 4.69) is 74.7 Å². The summed E-state index contributed by atoms with van der Waals surface area (Å²) in [5.74, 6) is -0.565. The number of phosphoric acid groups is 1. The van der Waals surface area contributed by atoms with Crippen LogP contribution in [0.3, 0.4) is 0 Å². The molecule has 0 aliphatic heterocycles. The van der Waals surface area contributed by atoms with E-state index in [4.69, 9.17) is 13.8 Å². The molecule has 0 aromatic carbocycles. The van der Waals surface area contributed by atoms with Crippen LogP contribution < -0.4 is 10.2 Å². The molecule has 0 radical (unpaired) electrons. The van der Waals surface area contributed by atoms with E-state index in [9.17, 15) is 19.0 Å². The molecule has 0 bridgehead atoms. The first-order valence-corrected chi connectivity index (χ1v) is 34.1. The Morgan fingerprint density at radius 1 is 0.468 bits per heavy atom. The molecule has 0 saturated heterocycles. The van der Waals surface area contributed by atoms with Crippen molar-refractivity contribution in [3.63, 3.8) is 0 Å². The average Bonchev–Trinajstić information content (AvgIpc) is 3.39. The largest absolute Gasteiger partial charge is 0.756 e. The number of hydrogen-bond acceptors (Lipinski definition) is 7. The normalized spacial score (nSPS) is 14.0. The monoisotopic (exact) mass is 1100 g/mol. The maximum atomic E-state index is 13.5. The number of hydrogen-bond donors (Lipinski definition) is 1. The fraction of sp³-hybridized carbons (Fsp3) is 0.821. The lowest BCUT2D eigenvalue weighted by Crippen LogP contribution is -2.47. The van der Waals surface area contributed by atoms with Crippen LogP contribution in [0, 0.1) is 0 Å². The second-order valence-electron chi connectivity index (χ2n) is 23.3. The molecule has 0 aliphatic rings. The molecule has 1 N–H and O–H groups in total. The zero-order valence-corrected chi connectivity index (χ0v) is 52.3. The Hall–Kier alpha value is -2.29. The maximum absolute atomic E-state index is 13.5. The third kappa shape index (κ3) is 58.2. The highest BCUT2D eigenvalue weighted by atomic mass is 31.2. The van der Waals surface area contributed by atoms with Crippen LogP contribution in [0.5, 0.6) is 0 Å². The molecule has 77 heavy (non-hydrogen) atoms. The van der Waals surface area contributed by atoms with Crippen LogP contribution in [0.1, 0.15) is 303 Å². The Morgan fingerprint density at radius 3 is 1.29 bits per heavy atom. The Labute approximate surface area is 477 Å². The van der Waals surface area contributed by atoms with Crippen molar-refractivity contribution >= 4 is 19.7 Å². The van der Waals surface area contributed by atoms with E-state index in [1.165, 1.54) is 193 Å². The van der Waals surface area contributed by atoms with E-state index in [1.54, 1.807) is 0 Å². The quantitative estimate of drug-likeness (QED) is 0.0161. The number of esters is 1. The van der Waals surface area contributed by atoms with Crippen LogP contribution in [-0.4, -0.2) is 69.4 Å².